The van der Waals surface area contributed by atoms with Gasteiger partial charge in [-0.05, 0) is 5.92 Å². The summed E-state index contributed by atoms with van der Waals surface area (Å²) in [4.78, 5) is 18.0. The maximum Gasteiger partial charge on any atom is 0.251 e. The van der Waals surface area contributed by atoms with Crippen LogP contribution in [0.25, 0.3) is 0 Å². The smallest absolute Gasteiger partial charge is 0.251 e. The van der Waals surface area contributed by atoms with Gasteiger partial charge in [-0.15, -0.1) is 0 Å². The monoisotopic (exact) mass is 181 g/mol. The summed E-state index contributed by atoms with van der Waals surface area (Å²) in [6, 6.07) is 1.43. The number of hydrogen-bond donors (Lipinski definition) is 2. The summed E-state index contributed by atoms with van der Waals surface area (Å²) in [5.74, 6) is 1.21. The fourth-order valence-electron chi connectivity index (χ4n) is 1.15. The van der Waals surface area contributed by atoms with E-state index >= 15 is 0 Å². The Balaban J connectivity index is 2.95. The van der Waals surface area contributed by atoms with Gasteiger partial charge >= 0.3 is 0 Å². The molecule has 13 heavy (non-hydrogen) atoms. The van der Waals surface area contributed by atoms with Crippen molar-refractivity contribution >= 4 is 0 Å². The Labute approximate surface area is 77.2 Å². The van der Waals surface area contributed by atoms with Crippen LogP contribution in [0.15, 0.2) is 10.9 Å². The van der Waals surface area contributed by atoms with Gasteiger partial charge < -0.3 is 10.7 Å². The molecule has 0 aliphatic heterocycles. The van der Waals surface area contributed by atoms with Gasteiger partial charge in [0.05, 0.1) is 5.69 Å². The number of nitrogens with two attached hydrogens (primary N) is 1. The fraction of sp³-hybridized carbons (Fsp3) is 0.556. The lowest BCUT2D eigenvalue weighted by atomic mass is 10.1. The number of rotatable bonds is 3. The van der Waals surface area contributed by atoms with Gasteiger partial charge in [-0.3, -0.25) is 4.79 Å². The summed E-state index contributed by atoms with van der Waals surface area (Å²) in [5.41, 5.74) is 5.94. The van der Waals surface area contributed by atoms with E-state index in [9.17, 15) is 4.79 Å². The molecule has 0 amide bonds. The molecule has 0 aliphatic rings. The molecule has 0 aromatic carbocycles. The number of aromatic nitrogens is 2. The van der Waals surface area contributed by atoms with Crippen molar-refractivity contribution in [3.63, 3.8) is 0 Å². The van der Waals surface area contributed by atoms with Gasteiger partial charge in [0.25, 0.3) is 5.56 Å². The Bertz CT molecular complexity index is 330. The van der Waals surface area contributed by atoms with Crippen molar-refractivity contribution in [2.45, 2.75) is 26.8 Å². The number of nitrogens with zero attached hydrogens (tertiary/aromatic N) is 1. The lowest BCUT2D eigenvalue weighted by molar-refractivity contribution is 0.615. The fourth-order valence-corrected chi connectivity index (χ4v) is 1.15. The second-order valence-electron chi connectivity index (χ2n) is 3.49. The van der Waals surface area contributed by atoms with E-state index in [0.29, 0.717) is 18.2 Å². The minimum absolute atomic E-state index is 0.119. The molecule has 4 nitrogen and oxygen atoms in total. The highest BCUT2D eigenvalue weighted by atomic mass is 16.1. The first-order valence-corrected chi connectivity index (χ1v) is 4.41. The van der Waals surface area contributed by atoms with E-state index in [4.69, 9.17) is 5.73 Å². The molecule has 1 aromatic heterocycles. The van der Waals surface area contributed by atoms with Gasteiger partial charge in [-0.25, -0.2) is 4.98 Å². The van der Waals surface area contributed by atoms with Crippen LogP contribution in [0.2, 0.25) is 0 Å². The average Bonchev–Trinajstić information content (AvgIpc) is 2.01. The van der Waals surface area contributed by atoms with E-state index in [1.165, 1.54) is 6.07 Å². The van der Waals surface area contributed by atoms with Crippen molar-refractivity contribution < 1.29 is 0 Å². The van der Waals surface area contributed by atoms with E-state index in [1.54, 1.807) is 0 Å². The highest BCUT2D eigenvalue weighted by Crippen LogP contribution is 2.01. The zero-order valence-corrected chi connectivity index (χ0v) is 8.00. The number of aromatic amines is 1. The summed E-state index contributed by atoms with van der Waals surface area (Å²) < 4.78 is 0. The molecule has 3 N–H and O–H groups in total. The minimum Gasteiger partial charge on any atom is -0.325 e. The number of hydrogen-bond acceptors (Lipinski definition) is 3. The molecule has 0 bridgehead atoms. The van der Waals surface area contributed by atoms with Crippen LogP contribution in [0.4, 0.5) is 0 Å². The van der Waals surface area contributed by atoms with Crippen LogP contribution in [-0.4, -0.2) is 9.97 Å². The average molecular weight is 181 g/mol. The van der Waals surface area contributed by atoms with Gasteiger partial charge in [0.1, 0.15) is 5.82 Å². The zero-order valence-electron chi connectivity index (χ0n) is 8.00. The van der Waals surface area contributed by atoms with Crippen LogP contribution in [0.3, 0.4) is 0 Å². The molecule has 0 aliphatic carbocycles. The van der Waals surface area contributed by atoms with Crippen molar-refractivity contribution in [2.24, 2.45) is 11.7 Å². The summed E-state index contributed by atoms with van der Waals surface area (Å²) >= 11 is 0. The number of H-pyrrole nitrogens is 1. The van der Waals surface area contributed by atoms with Crippen LogP contribution in [-0.2, 0) is 13.0 Å². The summed E-state index contributed by atoms with van der Waals surface area (Å²) in [5, 5.41) is 0. The molecule has 1 rings (SSSR count). The highest BCUT2D eigenvalue weighted by molar-refractivity contribution is 5.02. The molecule has 1 heterocycles. The van der Waals surface area contributed by atoms with Gasteiger partial charge in [-0.1, -0.05) is 13.8 Å². The minimum atomic E-state index is -0.119. The van der Waals surface area contributed by atoms with E-state index in [0.717, 1.165) is 12.2 Å². The molecule has 0 atom stereocenters. The van der Waals surface area contributed by atoms with Gasteiger partial charge in [0.2, 0.25) is 0 Å². The van der Waals surface area contributed by atoms with Crippen molar-refractivity contribution in [3.05, 3.63) is 27.9 Å². The Hall–Kier alpha value is -1.16. The Morgan fingerprint density at radius 3 is 2.85 bits per heavy atom. The van der Waals surface area contributed by atoms with E-state index in [2.05, 4.69) is 23.8 Å². The lowest BCUT2D eigenvalue weighted by Crippen LogP contribution is -2.15. The molecule has 4 heteroatoms. The first-order chi connectivity index (χ1) is 6.11. The van der Waals surface area contributed by atoms with E-state index in [1.807, 2.05) is 0 Å². The Morgan fingerprint density at radius 1 is 1.62 bits per heavy atom. The van der Waals surface area contributed by atoms with Gasteiger partial charge in [0.15, 0.2) is 0 Å². The largest absolute Gasteiger partial charge is 0.325 e. The van der Waals surface area contributed by atoms with Crippen LogP contribution >= 0.6 is 0 Å². The van der Waals surface area contributed by atoms with Crippen molar-refractivity contribution in [1.82, 2.24) is 9.97 Å². The lowest BCUT2D eigenvalue weighted by Gasteiger charge is -2.04. The zero-order chi connectivity index (χ0) is 9.84. The van der Waals surface area contributed by atoms with Gasteiger partial charge in [-0.2, -0.15) is 0 Å². The summed E-state index contributed by atoms with van der Waals surface area (Å²) in [6.45, 7) is 4.47. The second kappa shape index (κ2) is 4.18. The van der Waals surface area contributed by atoms with E-state index < -0.39 is 0 Å². The molecule has 0 unspecified atom stereocenters. The van der Waals surface area contributed by atoms with Gasteiger partial charge in [0, 0.05) is 19.0 Å². The maximum absolute atomic E-state index is 11.1. The molecular weight excluding hydrogens is 166 g/mol. The third-order valence-corrected chi connectivity index (χ3v) is 1.65. The summed E-state index contributed by atoms with van der Waals surface area (Å²) in [6.07, 6.45) is 0.781. The topological polar surface area (TPSA) is 71.8 Å². The van der Waals surface area contributed by atoms with Crippen molar-refractivity contribution in [2.75, 3.05) is 0 Å². The molecule has 0 radical (unpaired) electrons. The first kappa shape index (κ1) is 9.92. The SMILES string of the molecule is CC(C)Cc1nc(CN)cc(=O)[nH]1. The Morgan fingerprint density at radius 2 is 2.31 bits per heavy atom. The standard InChI is InChI=1S/C9H15N3O/c1-6(2)3-8-11-7(5-10)4-9(13)12-8/h4,6H,3,5,10H2,1-2H3,(H,11,12,13). The predicted octanol–water partition coefficient (Wildman–Crippen LogP) is 0.427. The normalized spacial score (nSPS) is 10.8. The van der Waals surface area contributed by atoms with Crippen LogP contribution < -0.4 is 11.3 Å². The van der Waals surface area contributed by atoms with Crippen LogP contribution in [0, 0.1) is 5.92 Å². The maximum atomic E-state index is 11.1. The third-order valence-electron chi connectivity index (χ3n) is 1.65. The van der Waals surface area contributed by atoms with Crippen LogP contribution in [0.5, 0.6) is 0 Å². The summed E-state index contributed by atoms with van der Waals surface area (Å²) in [7, 11) is 0. The molecule has 0 saturated heterocycles. The molecular formula is C9H15N3O. The highest BCUT2D eigenvalue weighted by Gasteiger charge is 2.02. The molecule has 0 spiro atoms. The molecule has 1 aromatic rings. The van der Waals surface area contributed by atoms with Crippen molar-refractivity contribution in [3.8, 4) is 0 Å². The predicted molar refractivity (Wildman–Crippen MR) is 51.3 cm³/mol. The quantitative estimate of drug-likeness (QED) is 0.710. The Kier molecular flexibility index (Phi) is 3.19. The second-order valence-corrected chi connectivity index (χ2v) is 3.49. The molecule has 0 fully saturated rings. The third kappa shape index (κ3) is 2.99. The van der Waals surface area contributed by atoms with Crippen LogP contribution in [0.1, 0.15) is 25.4 Å². The number of nitrogens with one attached hydrogen (secondary N) is 1. The molecule has 0 saturated carbocycles. The van der Waals surface area contributed by atoms with Crippen molar-refractivity contribution in [1.29, 1.82) is 0 Å². The first-order valence-electron chi connectivity index (χ1n) is 4.41. The molecule has 72 valence electrons. The van der Waals surface area contributed by atoms with E-state index in [-0.39, 0.29) is 5.56 Å².